The molecule has 1 rings (SSSR count). The van der Waals surface area contributed by atoms with Crippen LogP contribution in [0.1, 0.15) is 17.7 Å². The Morgan fingerprint density at radius 2 is 2.23 bits per heavy atom. The zero-order valence-electron chi connectivity index (χ0n) is 6.47. The largest absolute Gasteiger partial charge is 0.392 e. The number of pyridine rings is 1. The summed E-state index contributed by atoms with van der Waals surface area (Å²) >= 11 is 1.85. The first-order valence-corrected chi connectivity index (χ1v) is 4.48. The number of rotatable bonds is 2. The molecule has 1 heterocycles. The first kappa shape index (κ1) is 10.6. The van der Waals surface area contributed by atoms with Gasteiger partial charge in [-0.1, -0.05) is 0 Å². The third-order valence-corrected chi connectivity index (χ3v) is 2.72. The van der Waals surface area contributed by atoms with Gasteiger partial charge in [-0.2, -0.15) is 0 Å². The number of halogens is 3. The van der Waals surface area contributed by atoms with Crippen LogP contribution in [-0.4, -0.2) is 10.1 Å². The number of aliphatic hydroxyl groups excluding tert-OH is 1. The first-order chi connectivity index (χ1) is 6.06. The summed E-state index contributed by atoms with van der Waals surface area (Å²) in [5.41, 5.74) is 5.35. The summed E-state index contributed by atoms with van der Waals surface area (Å²) in [5, 5.41) is 8.82. The molecule has 0 fully saturated rings. The highest BCUT2D eigenvalue weighted by Gasteiger charge is 2.13. The second-order valence-corrected chi connectivity index (χ2v) is 3.44. The average Bonchev–Trinajstić information content (AvgIpc) is 2.09. The van der Waals surface area contributed by atoms with Gasteiger partial charge in [0.05, 0.1) is 10.2 Å². The van der Waals surface area contributed by atoms with Crippen LogP contribution in [0.4, 0.5) is 14.6 Å². The van der Waals surface area contributed by atoms with Gasteiger partial charge in [0.1, 0.15) is 11.5 Å². The number of aromatic nitrogens is 1. The smallest absolute Gasteiger partial charge is 0.280 e. The average molecular weight is 300 g/mol. The van der Waals surface area contributed by atoms with Gasteiger partial charge in [0, 0.05) is 0 Å². The van der Waals surface area contributed by atoms with E-state index in [4.69, 9.17) is 10.8 Å². The van der Waals surface area contributed by atoms with Crippen molar-refractivity contribution in [1.29, 1.82) is 0 Å². The van der Waals surface area contributed by atoms with E-state index in [-0.39, 0.29) is 12.4 Å². The molecule has 0 aromatic carbocycles. The van der Waals surface area contributed by atoms with Gasteiger partial charge in [0.2, 0.25) is 0 Å². The predicted molar refractivity (Wildman–Crippen MR) is 52.2 cm³/mol. The van der Waals surface area contributed by atoms with Crippen molar-refractivity contribution in [2.75, 3.05) is 5.73 Å². The molecule has 0 bridgehead atoms. The fourth-order valence-electron chi connectivity index (χ4n) is 0.854. The number of aliphatic hydroxyl groups is 1. The number of nitrogens with two attached hydrogens (primary N) is 1. The Hall–Kier alpha value is -0.500. The van der Waals surface area contributed by atoms with Crippen molar-refractivity contribution in [2.45, 2.75) is 13.0 Å². The summed E-state index contributed by atoms with van der Waals surface area (Å²) in [7, 11) is 0. The predicted octanol–water partition coefficient (Wildman–Crippen LogP) is 1.70. The lowest BCUT2D eigenvalue weighted by atomic mass is 10.2. The molecule has 0 spiro atoms. The second-order valence-electron chi connectivity index (χ2n) is 2.36. The van der Waals surface area contributed by atoms with E-state index in [0.717, 1.165) is 6.07 Å². The fourth-order valence-corrected chi connectivity index (χ4v) is 1.30. The highest BCUT2D eigenvalue weighted by atomic mass is 127. The normalized spacial score (nSPS) is 10.8. The fraction of sp³-hybridized carbons (Fsp3) is 0.286. The quantitative estimate of drug-likeness (QED) is 0.817. The minimum absolute atomic E-state index is 0.0300. The highest BCUT2D eigenvalue weighted by Crippen LogP contribution is 2.24. The Morgan fingerprint density at radius 3 is 2.69 bits per heavy atom. The van der Waals surface area contributed by atoms with Crippen molar-refractivity contribution >= 4 is 28.4 Å². The van der Waals surface area contributed by atoms with Crippen molar-refractivity contribution in [2.24, 2.45) is 0 Å². The molecule has 0 radical (unpaired) electrons. The molecule has 72 valence electrons. The van der Waals surface area contributed by atoms with E-state index >= 15 is 0 Å². The molecule has 0 saturated carbocycles. The molecule has 0 aliphatic carbocycles. The summed E-state index contributed by atoms with van der Waals surface area (Å²) in [6.45, 7) is -0.315. The SMILES string of the molecule is Nc1nc(C(F)F)cc(CO)c1I. The number of anilines is 1. The maximum atomic E-state index is 12.2. The molecule has 0 saturated heterocycles. The van der Waals surface area contributed by atoms with Gasteiger partial charge in [-0.25, -0.2) is 13.8 Å². The van der Waals surface area contributed by atoms with Gasteiger partial charge in [-0.15, -0.1) is 0 Å². The second kappa shape index (κ2) is 4.14. The van der Waals surface area contributed by atoms with Crippen molar-refractivity contribution in [3.63, 3.8) is 0 Å². The molecule has 13 heavy (non-hydrogen) atoms. The van der Waals surface area contributed by atoms with Gasteiger partial charge in [-0.05, 0) is 34.2 Å². The number of hydrogen-bond donors (Lipinski definition) is 2. The van der Waals surface area contributed by atoms with Crippen LogP contribution in [0.5, 0.6) is 0 Å². The summed E-state index contributed by atoms with van der Waals surface area (Å²) in [5.74, 6) is 0.0300. The van der Waals surface area contributed by atoms with E-state index in [1.54, 1.807) is 0 Å². The van der Waals surface area contributed by atoms with Crippen LogP contribution in [-0.2, 0) is 6.61 Å². The molecule has 6 heteroatoms. The zero-order chi connectivity index (χ0) is 10.0. The maximum absolute atomic E-state index is 12.2. The third kappa shape index (κ3) is 2.25. The van der Waals surface area contributed by atoms with Crippen LogP contribution < -0.4 is 5.73 Å². The zero-order valence-corrected chi connectivity index (χ0v) is 8.62. The Bertz CT molecular complexity index is 320. The lowest BCUT2D eigenvalue weighted by Crippen LogP contribution is -2.03. The Kier molecular flexibility index (Phi) is 3.37. The van der Waals surface area contributed by atoms with Crippen LogP contribution >= 0.6 is 22.6 Å². The van der Waals surface area contributed by atoms with E-state index in [9.17, 15) is 8.78 Å². The van der Waals surface area contributed by atoms with E-state index in [1.807, 2.05) is 22.6 Å². The summed E-state index contributed by atoms with van der Waals surface area (Å²) in [6, 6.07) is 1.16. The molecule has 1 aromatic heterocycles. The molecule has 0 unspecified atom stereocenters. The van der Waals surface area contributed by atoms with Gasteiger partial charge >= 0.3 is 0 Å². The van der Waals surface area contributed by atoms with Crippen LogP contribution in [0.25, 0.3) is 0 Å². The van der Waals surface area contributed by atoms with E-state index in [0.29, 0.717) is 9.13 Å². The lowest BCUT2D eigenvalue weighted by Gasteiger charge is -2.06. The molecule has 0 aliphatic heterocycles. The van der Waals surface area contributed by atoms with Gasteiger partial charge in [0.15, 0.2) is 0 Å². The Labute approximate surface area is 87.1 Å². The number of nitrogen functional groups attached to an aromatic ring is 1. The van der Waals surface area contributed by atoms with Crippen LogP contribution in [0.2, 0.25) is 0 Å². The van der Waals surface area contributed by atoms with Crippen molar-refractivity contribution in [3.05, 3.63) is 20.9 Å². The molecule has 0 atom stereocenters. The van der Waals surface area contributed by atoms with Gasteiger partial charge in [0.25, 0.3) is 6.43 Å². The number of nitrogens with zero attached hydrogens (tertiary/aromatic N) is 1. The molecule has 0 aliphatic rings. The van der Waals surface area contributed by atoms with E-state index in [2.05, 4.69) is 4.98 Å². The van der Waals surface area contributed by atoms with E-state index in [1.165, 1.54) is 0 Å². The van der Waals surface area contributed by atoms with Crippen molar-refractivity contribution in [3.8, 4) is 0 Å². The molecule has 3 nitrogen and oxygen atoms in total. The topological polar surface area (TPSA) is 59.1 Å². The molecular formula is C7H7F2IN2O. The van der Waals surface area contributed by atoms with Crippen molar-refractivity contribution < 1.29 is 13.9 Å². The van der Waals surface area contributed by atoms with Crippen LogP contribution in [0.3, 0.4) is 0 Å². The summed E-state index contributed by atoms with van der Waals surface area (Å²) in [6.07, 6.45) is -2.66. The molecule has 3 N–H and O–H groups in total. The van der Waals surface area contributed by atoms with Crippen LogP contribution in [0.15, 0.2) is 6.07 Å². The number of hydrogen-bond acceptors (Lipinski definition) is 3. The standard InChI is InChI=1S/C7H7F2IN2O/c8-6(9)4-1-3(2-13)5(10)7(11)12-4/h1,6,13H,2H2,(H2,11,12). The third-order valence-electron chi connectivity index (χ3n) is 1.47. The number of alkyl halides is 2. The van der Waals surface area contributed by atoms with Gasteiger partial charge in [-0.3, -0.25) is 0 Å². The summed E-state index contributed by atoms with van der Waals surface area (Å²) < 4.78 is 24.9. The molecule has 0 amide bonds. The van der Waals surface area contributed by atoms with E-state index < -0.39 is 12.1 Å². The minimum Gasteiger partial charge on any atom is -0.392 e. The Balaban J connectivity index is 3.22. The van der Waals surface area contributed by atoms with Gasteiger partial charge < -0.3 is 10.8 Å². The maximum Gasteiger partial charge on any atom is 0.280 e. The first-order valence-electron chi connectivity index (χ1n) is 3.40. The summed E-state index contributed by atoms with van der Waals surface area (Å²) in [4.78, 5) is 3.49. The van der Waals surface area contributed by atoms with Crippen molar-refractivity contribution in [1.82, 2.24) is 4.98 Å². The highest BCUT2D eigenvalue weighted by molar-refractivity contribution is 14.1. The Morgan fingerprint density at radius 1 is 1.62 bits per heavy atom. The van der Waals surface area contributed by atoms with Crippen LogP contribution in [0, 0.1) is 3.57 Å². The monoisotopic (exact) mass is 300 g/mol. The minimum atomic E-state index is -2.66. The lowest BCUT2D eigenvalue weighted by molar-refractivity contribution is 0.146. The molecule has 1 aromatic rings. The molecular weight excluding hydrogens is 293 g/mol.